The fourth-order valence-electron chi connectivity index (χ4n) is 2.35. The number of benzene rings is 1. The molecule has 0 aliphatic carbocycles. The molecule has 7 heteroatoms. The summed E-state index contributed by atoms with van der Waals surface area (Å²) in [6.45, 7) is 2.07. The van der Waals surface area contributed by atoms with Crippen LogP contribution in [-0.2, 0) is 9.59 Å². The predicted octanol–water partition coefficient (Wildman–Crippen LogP) is 2.01. The summed E-state index contributed by atoms with van der Waals surface area (Å²) in [6, 6.07) is 7.47. The molecular weight excluding hydrogens is 322 g/mol. The van der Waals surface area contributed by atoms with Crippen LogP contribution in [0.2, 0.25) is 0 Å². The van der Waals surface area contributed by atoms with E-state index >= 15 is 0 Å². The number of halogens is 1. The molecule has 22 heavy (non-hydrogen) atoms. The van der Waals surface area contributed by atoms with E-state index in [1.165, 1.54) is 11.8 Å². The van der Waals surface area contributed by atoms with Crippen molar-refractivity contribution in [2.24, 2.45) is 11.7 Å². The van der Waals surface area contributed by atoms with Crippen LogP contribution in [0.15, 0.2) is 29.2 Å². The number of nitrogens with one attached hydrogen (secondary N) is 2. The van der Waals surface area contributed by atoms with Crippen molar-refractivity contribution < 1.29 is 9.59 Å². The van der Waals surface area contributed by atoms with Gasteiger partial charge >= 0.3 is 0 Å². The number of thioether (sulfide) groups is 1. The summed E-state index contributed by atoms with van der Waals surface area (Å²) in [6.07, 6.45) is 2.59. The zero-order valence-corrected chi connectivity index (χ0v) is 14.0. The first kappa shape index (κ1) is 18.8. The van der Waals surface area contributed by atoms with Crippen LogP contribution in [0.1, 0.15) is 19.3 Å². The van der Waals surface area contributed by atoms with Gasteiger partial charge in [0.25, 0.3) is 0 Å². The number of carbonyl (C=O) groups excluding carboxylic acids is 2. The molecule has 4 N–H and O–H groups in total. The van der Waals surface area contributed by atoms with Crippen LogP contribution in [-0.4, -0.2) is 30.7 Å². The second-order valence-electron chi connectivity index (χ2n) is 5.20. The molecule has 1 fully saturated rings. The second kappa shape index (κ2) is 9.71. The molecular formula is C15H22ClN3O2S. The standard InChI is InChI=1S/C15H21N3O2S.ClH/c16-14(19)10-21-13-4-2-1-3-12(13)18-15(20)6-5-11-7-8-17-9-11;/h1-4,11,17H,5-10H2,(H2,16,19)(H,18,20);1H. The molecule has 1 atom stereocenters. The van der Waals surface area contributed by atoms with Gasteiger partial charge in [-0.2, -0.15) is 0 Å². The summed E-state index contributed by atoms with van der Waals surface area (Å²) in [5.41, 5.74) is 5.90. The number of anilines is 1. The van der Waals surface area contributed by atoms with Gasteiger partial charge in [0.15, 0.2) is 0 Å². The number of amides is 2. The van der Waals surface area contributed by atoms with Gasteiger partial charge in [-0.25, -0.2) is 0 Å². The highest BCUT2D eigenvalue weighted by Gasteiger charge is 2.16. The third-order valence-corrected chi connectivity index (χ3v) is 4.57. The van der Waals surface area contributed by atoms with E-state index in [2.05, 4.69) is 10.6 Å². The summed E-state index contributed by atoms with van der Waals surface area (Å²) in [5.74, 6) is 0.472. The molecule has 0 radical (unpaired) electrons. The average molecular weight is 344 g/mol. The van der Waals surface area contributed by atoms with Crippen LogP contribution in [0.5, 0.6) is 0 Å². The molecule has 1 aromatic carbocycles. The van der Waals surface area contributed by atoms with Gasteiger partial charge in [-0.1, -0.05) is 12.1 Å². The maximum Gasteiger partial charge on any atom is 0.227 e. The molecule has 0 spiro atoms. The van der Waals surface area contributed by atoms with E-state index in [4.69, 9.17) is 5.73 Å². The Morgan fingerprint density at radius 1 is 1.36 bits per heavy atom. The largest absolute Gasteiger partial charge is 0.369 e. The molecule has 0 bridgehead atoms. The molecule has 2 amide bonds. The second-order valence-corrected chi connectivity index (χ2v) is 6.21. The number of carbonyl (C=O) groups is 2. The molecule has 0 aromatic heterocycles. The fraction of sp³-hybridized carbons (Fsp3) is 0.467. The molecule has 1 aliphatic rings. The summed E-state index contributed by atoms with van der Waals surface area (Å²) in [7, 11) is 0. The van der Waals surface area contributed by atoms with Gasteiger partial charge in [-0.05, 0) is 44.0 Å². The summed E-state index contributed by atoms with van der Waals surface area (Å²) >= 11 is 1.34. The van der Waals surface area contributed by atoms with Crippen molar-refractivity contribution >= 4 is 41.7 Å². The highest BCUT2D eigenvalue weighted by molar-refractivity contribution is 8.00. The van der Waals surface area contributed by atoms with Gasteiger partial charge < -0.3 is 16.4 Å². The first-order chi connectivity index (χ1) is 10.1. The van der Waals surface area contributed by atoms with E-state index in [-0.39, 0.29) is 30.0 Å². The number of hydrogen-bond donors (Lipinski definition) is 3. The smallest absolute Gasteiger partial charge is 0.227 e. The molecule has 1 aromatic rings. The highest BCUT2D eigenvalue weighted by Crippen LogP contribution is 2.27. The van der Waals surface area contributed by atoms with Crippen LogP contribution in [0.4, 0.5) is 5.69 Å². The van der Waals surface area contributed by atoms with Crippen molar-refractivity contribution in [1.29, 1.82) is 0 Å². The monoisotopic (exact) mass is 343 g/mol. The molecule has 1 saturated heterocycles. The van der Waals surface area contributed by atoms with Crippen molar-refractivity contribution in [2.75, 3.05) is 24.2 Å². The van der Waals surface area contributed by atoms with Gasteiger partial charge in [-0.15, -0.1) is 24.2 Å². The van der Waals surface area contributed by atoms with Gasteiger partial charge in [-0.3, -0.25) is 9.59 Å². The first-order valence-corrected chi connectivity index (χ1v) is 8.14. The van der Waals surface area contributed by atoms with Gasteiger partial charge in [0.1, 0.15) is 0 Å². The van der Waals surface area contributed by atoms with Crippen LogP contribution >= 0.6 is 24.2 Å². The Morgan fingerprint density at radius 2 is 2.14 bits per heavy atom. The van der Waals surface area contributed by atoms with Crippen LogP contribution in [0.3, 0.4) is 0 Å². The number of rotatable bonds is 7. The molecule has 1 unspecified atom stereocenters. The van der Waals surface area contributed by atoms with Crippen LogP contribution in [0, 0.1) is 5.92 Å². The number of primary amides is 1. The first-order valence-electron chi connectivity index (χ1n) is 7.16. The SMILES string of the molecule is Cl.NC(=O)CSc1ccccc1NC(=O)CCC1CCNC1. The Balaban J connectivity index is 0.00000242. The third-order valence-electron chi connectivity index (χ3n) is 3.47. The molecule has 2 rings (SSSR count). The maximum absolute atomic E-state index is 12.0. The van der Waals surface area contributed by atoms with Crippen molar-refractivity contribution in [3.8, 4) is 0 Å². The van der Waals surface area contributed by atoms with Gasteiger partial charge in [0.2, 0.25) is 11.8 Å². The van der Waals surface area contributed by atoms with Crippen molar-refractivity contribution in [1.82, 2.24) is 5.32 Å². The molecule has 1 heterocycles. The highest BCUT2D eigenvalue weighted by atomic mass is 35.5. The maximum atomic E-state index is 12.0. The zero-order chi connectivity index (χ0) is 15.1. The molecule has 5 nitrogen and oxygen atoms in total. The summed E-state index contributed by atoms with van der Waals surface area (Å²) in [4.78, 5) is 23.8. The van der Waals surface area contributed by atoms with Crippen molar-refractivity contribution in [3.63, 3.8) is 0 Å². The minimum Gasteiger partial charge on any atom is -0.369 e. The van der Waals surface area contributed by atoms with E-state index in [1.54, 1.807) is 0 Å². The Kier molecular flexibility index (Phi) is 8.30. The fourth-order valence-corrected chi connectivity index (χ4v) is 3.10. The Labute approximate surface area is 141 Å². The average Bonchev–Trinajstić information content (AvgIpc) is 2.97. The lowest BCUT2D eigenvalue weighted by Crippen LogP contribution is -2.16. The lowest BCUT2D eigenvalue weighted by Gasteiger charge is -2.11. The normalized spacial score (nSPS) is 16.8. The quantitative estimate of drug-likeness (QED) is 0.661. The van der Waals surface area contributed by atoms with Crippen molar-refractivity contribution in [3.05, 3.63) is 24.3 Å². The van der Waals surface area contributed by atoms with E-state index in [1.807, 2.05) is 24.3 Å². The Morgan fingerprint density at radius 3 is 2.82 bits per heavy atom. The topological polar surface area (TPSA) is 84.2 Å². The van der Waals surface area contributed by atoms with Crippen molar-refractivity contribution in [2.45, 2.75) is 24.2 Å². The number of para-hydroxylation sites is 1. The van der Waals surface area contributed by atoms with Crippen LogP contribution < -0.4 is 16.4 Å². The minimum absolute atomic E-state index is 0. The van der Waals surface area contributed by atoms with Gasteiger partial charge in [0, 0.05) is 11.3 Å². The Bertz CT molecular complexity index is 507. The minimum atomic E-state index is -0.366. The zero-order valence-electron chi connectivity index (χ0n) is 12.3. The van der Waals surface area contributed by atoms with E-state index in [0.717, 1.165) is 36.5 Å². The van der Waals surface area contributed by atoms with E-state index < -0.39 is 0 Å². The van der Waals surface area contributed by atoms with E-state index in [9.17, 15) is 9.59 Å². The van der Waals surface area contributed by atoms with E-state index in [0.29, 0.717) is 12.3 Å². The predicted molar refractivity (Wildman–Crippen MR) is 92.4 cm³/mol. The summed E-state index contributed by atoms with van der Waals surface area (Å²) in [5, 5.41) is 6.23. The molecule has 0 saturated carbocycles. The van der Waals surface area contributed by atoms with Gasteiger partial charge in [0.05, 0.1) is 11.4 Å². The lowest BCUT2D eigenvalue weighted by molar-refractivity contribution is -0.116. The number of hydrogen-bond acceptors (Lipinski definition) is 4. The summed E-state index contributed by atoms with van der Waals surface area (Å²) < 4.78 is 0. The third kappa shape index (κ3) is 6.25. The Hall–Kier alpha value is -1.24. The van der Waals surface area contributed by atoms with Crippen LogP contribution in [0.25, 0.3) is 0 Å². The molecule has 122 valence electrons. The number of nitrogens with two attached hydrogens (primary N) is 1. The molecule has 1 aliphatic heterocycles. The lowest BCUT2D eigenvalue weighted by atomic mass is 10.0.